The van der Waals surface area contributed by atoms with Gasteiger partial charge < -0.3 is 20.1 Å². The SMILES string of the molecule is Cc1cc(/C=C/C(=O)c2cc(O)ccc2O)cc(C)c1OC(C)(C)C(=O)O. The molecule has 0 unspecified atom stereocenters. The molecule has 0 aliphatic carbocycles. The number of phenols is 2. The standard InChI is InChI=1S/C21H22O6/c1-12-9-14(10-13(2)19(12)27-21(3,4)20(25)26)5-7-17(23)16-11-15(22)6-8-18(16)24/h5-11,22,24H,1-4H3,(H,25,26)/b7-5+. The summed E-state index contributed by atoms with van der Waals surface area (Å²) in [6.07, 6.45) is 2.88. The third kappa shape index (κ3) is 4.67. The van der Waals surface area contributed by atoms with Crippen molar-refractivity contribution in [3.63, 3.8) is 0 Å². The van der Waals surface area contributed by atoms with Gasteiger partial charge in [0.1, 0.15) is 17.2 Å². The number of carbonyl (C=O) groups is 2. The van der Waals surface area contributed by atoms with Crippen LogP contribution in [0.2, 0.25) is 0 Å². The Kier molecular flexibility index (Phi) is 5.59. The zero-order chi connectivity index (χ0) is 20.4. The maximum atomic E-state index is 12.2. The lowest BCUT2D eigenvalue weighted by atomic mass is 10.0. The molecular formula is C21H22O6. The molecule has 2 rings (SSSR count). The van der Waals surface area contributed by atoms with Crippen molar-refractivity contribution in [1.82, 2.24) is 0 Å². The van der Waals surface area contributed by atoms with Gasteiger partial charge in [-0.1, -0.05) is 6.08 Å². The van der Waals surface area contributed by atoms with Gasteiger partial charge in [0.2, 0.25) is 0 Å². The highest BCUT2D eigenvalue weighted by Crippen LogP contribution is 2.29. The molecule has 0 aromatic heterocycles. The van der Waals surface area contributed by atoms with Gasteiger partial charge in [0, 0.05) is 0 Å². The van der Waals surface area contributed by atoms with Gasteiger partial charge in [-0.25, -0.2) is 4.79 Å². The fourth-order valence-corrected chi connectivity index (χ4v) is 2.52. The minimum absolute atomic E-state index is 0.00264. The molecule has 2 aromatic rings. The van der Waals surface area contributed by atoms with Gasteiger partial charge >= 0.3 is 5.97 Å². The molecule has 142 valence electrons. The van der Waals surface area contributed by atoms with Crippen LogP contribution in [0.1, 0.15) is 40.9 Å². The number of benzene rings is 2. The first-order chi connectivity index (χ1) is 12.5. The number of carboxylic acid groups (broad SMARTS) is 1. The van der Waals surface area contributed by atoms with Gasteiger partial charge in [0.05, 0.1) is 5.56 Å². The Bertz CT molecular complexity index is 901. The normalized spacial score (nSPS) is 11.6. The largest absolute Gasteiger partial charge is 0.508 e. The van der Waals surface area contributed by atoms with Crippen molar-refractivity contribution < 1.29 is 29.6 Å². The van der Waals surface area contributed by atoms with Crippen molar-refractivity contribution in [2.75, 3.05) is 0 Å². The average molecular weight is 370 g/mol. The quantitative estimate of drug-likeness (QED) is 0.405. The van der Waals surface area contributed by atoms with Crippen LogP contribution in [0.15, 0.2) is 36.4 Å². The van der Waals surface area contributed by atoms with E-state index >= 15 is 0 Å². The molecule has 0 aliphatic heterocycles. The molecule has 0 atom stereocenters. The monoisotopic (exact) mass is 370 g/mol. The molecule has 6 heteroatoms. The Morgan fingerprint density at radius 2 is 1.63 bits per heavy atom. The molecular weight excluding hydrogens is 348 g/mol. The van der Waals surface area contributed by atoms with Crippen LogP contribution >= 0.6 is 0 Å². The van der Waals surface area contributed by atoms with E-state index in [2.05, 4.69) is 0 Å². The topological polar surface area (TPSA) is 104 Å². The fourth-order valence-electron chi connectivity index (χ4n) is 2.52. The van der Waals surface area contributed by atoms with Gasteiger partial charge in [-0.2, -0.15) is 0 Å². The zero-order valence-electron chi connectivity index (χ0n) is 15.6. The van der Waals surface area contributed by atoms with Crippen LogP contribution in [0, 0.1) is 13.8 Å². The van der Waals surface area contributed by atoms with Crippen molar-refractivity contribution in [1.29, 1.82) is 0 Å². The molecule has 0 radical (unpaired) electrons. The van der Waals surface area contributed by atoms with E-state index in [1.54, 1.807) is 32.1 Å². The second-order valence-electron chi connectivity index (χ2n) is 6.80. The maximum Gasteiger partial charge on any atom is 0.347 e. The Hall–Kier alpha value is -3.28. The predicted octanol–water partition coefficient (Wildman–Crippen LogP) is 3.85. The van der Waals surface area contributed by atoms with Crippen molar-refractivity contribution in [3.8, 4) is 17.2 Å². The summed E-state index contributed by atoms with van der Waals surface area (Å²) in [6.45, 7) is 6.53. The second-order valence-corrected chi connectivity index (χ2v) is 6.80. The Labute approximate surface area is 157 Å². The molecule has 3 N–H and O–H groups in total. The van der Waals surface area contributed by atoms with Crippen LogP contribution in [0.4, 0.5) is 0 Å². The summed E-state index contributed by atoms with van der Waals surface area (Å²) in [4.78, 5) is 23.5. The molecule has 0 aliphatic rings. The molecule has 0 heterocycles. The third-order valence-electron chi connectivity index (χ3n) is 4.03. The predicted molar refractivity (Wildman–Crippen MR) is 101 cm³/mol. The summed E-state index contributed by atoms with van der Waals surface area (Å²) in [5.74, 6) is -1.36. The van der Waals surface area contributed by atoms with Crippen LogP contribution in [0.25, 0.3) is 6.08 Å². The third-order valence-corrected chi connectivity index (χ3v) is 4.03. The van der Waals surface area contributed by atoms with Crippen LogP contribution in [0.3, 0.4) is 0 Å². The van der Waals surface area contributed by atoms with E-state index in [9.17, 15) is 24.9 Å². The van der Waals surface area contributed by atoms with Crippen molar-refractivity contribution >= 4 is 17.8 Å². The summed E-state index contributed by atoms with van der Waals surface area (Å²) in [5, 5.41) is 28.4. The molecule has 0 saturated heterocycles. The summed E-state index contributed by atoms with van der Waals surface area (Å²) in [6, 6.07) is 7.28. The van der Waals surface area contributed by atoms with Crippen LogP contribution < -0.4 is 4.74 Å². The number of allylic oxidation sites excluding steroid dienone is 1. The number of ketones is 1. The number of aromatic hydroxyl groups is 2. The average Bonchev–Trinajstić information content (AvgIpc) is 2.58. The van der Waals surface area contributed by atoms with Gasteiger partial charge in [-0.15, -0.1) is 0 Å². The first-order valence-corrected chi connectivity index (χ1v) is 8.29. The van der Waals surface area contributed by atoms with E-state index in [0.717, 1.165) is 16.7 Å². The lowest BCUT2D eigenvalue weighted by Crippen LogP contribution is -2.38. The van der Waals surface area contributed by atoms with Crippen LogP contribution in [-0.4, -0.2) is 32.7 Å². The Balaban J connectivity index is 2.28. The summed E-state index contributed by atoms with van der Waals surface area (Å²) < 4.78 is 5.65. The first-order valence-electron chi connectivity index (χ1n) is 8.29. The molecule has 0 bridgehead atoms. The summed E-state index contributed by atoms with van der Waals surface area (Å²) in [7, 11) is 0. The van der Waals surface area contributed by atoms with E-state index in [0.29, 0.717) is 5.75 Å². The number of carbonyl (C=O) groups excluding carboxylic acids is 1. The zero-order valence-corrected chi connectivity index (χ0v) is 15.6. The molecule has 2 aromatic carbocycles. The number of hydrogen-bond acceptors (Lipinski definition) is 5. The summed E-state index contributed by atoms with van der Waals surface area (Å²) in [5.41, 5.74) is 0.824. The Morgan fingerprint density at radius 1 is 1.04 bits per heavy atom. The van der Waals surface area contributed by atoms with Gasteiger partial charge in [0.15, 0.2) is 11.4 Å². The number of aliphatic carboxylic acids is 1. The number of aryl methyl sites for hydroxylation is 2. The van der Waals surface area contributed by atoms with E-state index in [1.807, 2.05) is 0 Å². The summed E-state index contributed by atoms with van der Waals surface area (Å²) >= 11 is 0. The number of hydrogen-bond donors (Lipinski definition) is 3. The molecule has 27 heavy (non-hydrogen) atoms. The first kappa shape index (κ1) is 20.0. The lowest BCUT2D eigenvalue weighted by Gasteiger charge is -2.24. The van der Waals surface area contributed by atoms with Crippen LogP contribution in [0.5, 0.6) is 17.2 Å². The van der Waals surface area contributed by atoms with E-state index in [1.165, 1.54) is 38.1 Å². The highest BCUT2D eigenvalue weighted by atomic mass is 16.5. The maximum absolute atomic E-state index is 12.2. The minimum atomic E-state index is -1.37. The van der Waals surface area contributed by atoms with Gasteiger partial charge in [0.25, 0.3) is 0 Å². The van der Waals surface area contributed by atoms with E-state index < -0.39 is 17.4 Å². The highest BCUT2D eigenvalue weighted by molar-refractivity contribution is 6.08. The van der Waals surface area contributed by atoms with Crippen LogP contribution in [-0.2, 0) is 4.79 Å². The highest BCUT2D eigenvalue weighted by Gasteiger charge is 2.30. The molecule has 0 saturated carbocycles. The lowest BCUT2D eigenvalue weighted by molar-refractivity contribution is -0.152. The van der Waals surface area contributed by atoms with Crippen molar-refractivity contribution in [3.05, 3.63) is 58.7 Å². The minimum Gasteiger partial charge on any atom is -0.508 e. The van der Waals surface area contributed by atoms with Crippen molar-refractivity contribution in [2.45, 2.75) is 33.3 Å². The smallest absolute Gasteiger partial charge is 0.347 e. The van der Waals surface area contributed by atoms with Gasteiger partial charge in [-0.3, -0.25) is 4.79 Å². The van der Waals surface area contributed by atoms with E-state index in [-0.39, 0.29) is 17.1 Å². The number of ether oxygens (including phenoxy) is 1. The number of rotatable bonds is 6. The Morgan fingerprint density at radius 3 is 2.19 bits per heavy atom. The fraction of sp³-hybridized carbons (Fsp3) is 0.238. The molecule has 0 spiro atoms. The van der Waals surface area contributed by atoms with Crippen molar-refractivity contribution in [2.24, 2.45) is 0 Å². The molecule has 6 nitrogen and oxygen atoms in total. The van der Waals surface area contributed by atoms with Gasteiger partial charge in [-0.05, 0) is 80.8 Å². The molecule has 0 amide bonds. The number of carboxylic acids is 1. The second kappa shape index (κ2) is 7.53. The van der Waals surface area contributed by atoms with E-state index in [4.69, 9.17) is 4.74 Å². The number of phenolic OH excluding ortho intramolecular Hbond substituents is 2. The molecule has 0 fully saturated rings.